The standard InChI is InChI=1S/C15H12ClI3N2O7/c1-4(22)27-3-6(28-5(2)23)14(25)21-15(26)8-9(17)7(13(16)24)10(18)12(20)11(8)19/h6H,3,20H2,1-2H3,(H,21,25,26). The molecule has 28 heavy (non-hydrogen) atoms. The number of amides is 2. The Morgan fingerprint density at radius 2 is 1.54 bits per heavy atom. The first-order valence-electron chi connectivity index (χ1n) is 7.19. The molecule has 1 aromatic carbocycles. The molecule has 0 saturated carbocycles. The summed E-state index contributed by atoms with van der Waals surface area (Å²) in [7, 11) is 0. The van der Waals surface area contributed by atoms with Crippen molar-refractivity contribution in [2.24, 2.45) is 0 Å². The number of hydrogen-bond donors (Lipinski definition) is 2. The van der Waals surface area contributed by atoms with Crippen molar-refractivity contribution >= 4 is 114 Å². The van der Waals surface area contributed by atoms with Crippen molar-refractivity contribution in [3.63, 3.8) is 0 Å². The van der Waals surface area contributed by atoms with E-state index in [1.165, 1.54) is 0 Å². The van der Waals surface area contributed by atoms with E-state index in [2.05, 4.69) is 10.1 Å². The summed E-state index contributed by atoms with van der Waals surface area (Å²) >= 11 is 11.0. The molecule has 1 unspecified atom stereocenters. The molecule has 0 saturated heterocycles. The second-order valence-corrected chi connectivity index (χ2v) is 8.68. The molecule has 1 rings (SSSR count). The minimum Gasteiger partial charge on any atom is -0.461 e. The van der Waals surface area contributed by atoms with Crippen LogP contribution in [0.3, 0.4) is 0 Å². The van der Waals surface area contributed by atoms with Crippen molar-refractivity contribution in [2.75, 3.05) is 12.3 Å². The summed E-state index contributed by atoms with van der Waals surface area (Å²) in [5.41, 5.74) is 6.10. The number of imide groups is 1. The van der Waals surface area contributed by atoms with Gasteiger partial charge in [0.05, 0.1) is 24.0 Å². The first-order valence-corrected chi connectivity index (χ1v) is 10.8. The number of esters is 2. The molecule has 1 aromatic rings. The van der Waals surface area contributed by atoms with Crippen molar-refractivity contribution in [2.45, 2.75) is 20.0 Å². The summed E-state index contributed by atoms with van der Waals surface area (Å²) in [6.07, 6.45) is -1.53. The van der Waals surface area contributed by atoms with Crippen molar-refractivity contribution in [3.05, 3.63) is 21.8 Å². The third-order valence-electron chi connectivity index (χ3n) is 3.05. The lowest BCUT2D eigenvalue weighted by molar-refractivity contribution is -0.161. The number of carbonyl (C=O) groups is 5. The Kier molecular flexibility index (Phi) is 9.81. The number of carbonyl (C=O) groups excluding carboxylic acids is 5. The number of nitrogen functional groups attached to an aromatic ring is 1. The van der Waals surface area contributed by atoms with Gasteiger partial charge in [0.15, 0.2) is 0 Å². The molecule has 3 N–H and O–H groups in total. The van der Waals surface area contributed by atoms with Gasteiger partial charge in [-0.05, 0) is 79.4 Å². The highest BCUT2D eigenvalue weighted by atomic mass is 127. The van der Waals surface area contributed by atoms with Crippen molar-refractivity contribution in [1.82, 2.24) is 5.32 Å². The number of nitrogens with one attached hydrogen (secondary N) is 1. The molecule has 2 amide bonds. The Balaban J connectivity index is 3.24. The summed E-state index contributed by atoms with van der Waals surface area (Å²) in [5.74, 6) is -3.40. The molecular formula is C15H12ClI3N2O7. The Labute approximate surface area is 205 Å². The lowest BCUT2D eigenvalue weighted by Crippen LogP contribution is -2.44. The van der Waals surface area contributed by atoms with Crippen LogP contribution in [0.25, 0.3) is 0 Å². The summed E-state index contributed by atoms with van der Waals surface area (Å²) in [6, 6.07) is 0. The van der Waals surface area contributed by atoms with Crippen LogP contribution >= 0.6 is 79.4 Å². The first kappa shape index (κ1) is 25.3. The number of hydrogen-bond acceptors (Lipinski definition) is 8. The molecular weight excluding hydrogens is 736 g/mol. The quantitative estimate of drug-likeness (QED) is 0.196. The maximum absolute atomic E-state index is 12.7. The fourth-order valence-corrected chi connectivity index (χ4v) is 6.52. The average molecular weight is 748 g/mol. The average Bonchev–Trinajstić information content (AvgIpc) is 2.55. The van der Waals surface area contributed by atoms with Crippen LogP contribution < -0.4 is 11.1 Å². The Morgan fingerprint density at radius 3 is 2.00 bits per heavy atom. The van der Waals surface area contributed by atoms with Gasteiger partial charge in [0.1, 0.15) is 6.61 Å². The van der Waals surface area contributed by atoms with E-state index in [0.29, 0.717) is 7.14 Å². The Morgan fingerprint density at radius 1 is 1.00 bits per heavy atom. The summed E-state index contributed by atoms with van der Waals surface area (Å²) in [6.45, 7) is 1.60. The predicted molar refractivity (Wildman–Crippen MR) is 124 cm³/mol. The van der Waals surface area contributed by atoms with E-state index >= 15 is 0 Å². The van der Waals surface area contributed by atoms with Crippen LogP contribution in [0.1, 0.15) is 34.6 Å². The lowest BCUT2D eigenvalue weighted by atomic mass is 10.1. The van der Waals surface area contributed by atoms with Gasteiger partial charge in [0.2, 0.25) is 6.10 Å². The van der Waals surface area contributed by atoms with E-state index in [9.17, 15) is 24.0 Å². The third kappa shape index (κ3) is 6.38. The number of benzene rings is 1. The molecule has 0 aliphatic carbocycles. The maximum atomic E-state index is 12.7. The molecule has 0 fully saturated rings. The van der Waals surface area contributed by atoms with Gasteiger partial charge < -0.3 is 15.2 Å². The lowest BCUT2D eigenvalue weighted by Gasteiger charge is -2.18. The number of anilines is 1. The molecule has 0 aromatic heterocycles. The topological polar surface area (TPSA) is 142 Å². The molecule has 1 atom stereocenters. The number of rotatable bonds is 6. The molecule has 0 radical (unpaired) electrons. The monoisotopic (exact) mass is 748 g/mol. The first-order chi connectivity index (χ1) is 12.9. The fourth-order valence-electron chi connectivity index (χ4n) is 1.87. The zero-order chi connectivity index (χ0) is 21.8. The number of halogens is 4. The predicted octanol–water partition coefficient (Wildman–Crippen LogP) is 2.21. The van der Waals surface area contributed by atoms with Crippen LogP contribution in [0.2, 0.25) is 0 Å². The van der Waals surface area contributed by atoms with Gasteiger partial charge in [0.25, 0.3) is 17.1 Å². The number of ether oxygens (including phenoxy) is 2. The van der Waals surface area contributed by atoms with Crippen LogP contribution in [0.15, 0.2) is 0 Å². The summed E-state index contributed by atoms with van der Waals surface area (Å²) in [4.78, 5) is 58.8. The summed E-state index contributed by atoms with van der Waals surface area (Å²) < 4.78 is 10.3. The molecule has 0 aliphatic rings. The molecule has 13 heteroatoms. The fraction of sp³-hybridized carbons (Fsp3) is 0.267. The van der Waals surface area contributed by atoms with Gasteiger partial charge in [0, 0.05) is 17.4 Å². The molecule has 0 aliphatic heterocycles. The van der Waals surface area contributed by atoms with Crippen molar-refractivity contribution in [1.29, 1.82) is 0 Å². The van der Waals surface area contributed by atoms with Gasteiger partial charge in [-0.15, -0.1) is 0 Å². The van der Waals surface area contributed by atoms with E-state index in [1.807, 2.05) is 22.6 Å². The molecule has 152 valence electrons. The molecule has 0 spiro atoms. The largest absolute Gasteiger partial charge is 0.461 e. The normalized spacial score (nSPS) is 11.4. The van der Waals surface area contributed by atoms with Crippen LogP contribution in [-0.4, -0.2) is 41.7 Å². The van der Waals surface area contributed by atoms with Crippen LogP contribution in [0, 0.1) is 10.7 Å². The van der Waals surface area contributed by atoms with Crippen LogP contribution in [-0.2, 0) is 23.9 Å². The van der Waals surface area contributed by atoms with E-state index in [4.69, 9.17) is 22.1 Å². The molecule has 9 nitrogen and oxygen atoms in total. The molecule has 0 heterocycles. The smallest absolute Gasteiger partial charge is 0.303 e. The Bertz CT molecular complexity index is 876. The van der Waals surface area contributed by atoms with E-state index < -0.39 is 41.7 Å². The van der Waals surface area contributed by atoms with Gasteiger partial charge in [-0.2, -0.15) is 0 Å². The van der Waals surface area contributed by atoms with E-state index in [0.717, 1.165) is 13.8 Å². The highest BCUT2D eigenvalue weighted by molar-refractivity contribution is 14.1. The molecule has 0 bridgehead atoms. The second-order valence-electron chi connectivity index (χ2n) is 5.10. The Hall–Kier alpha value is -0.750. The van der Waals surface area contributed by atoms with Crippen LogP contribution in [0.5, 0.6) is 0 Å². The number of nitrogens with two attached hydrogens (primary N) is 1. The van der Waals surface area contributed by atoms with Crippen LogP contribution in [0.4, 0.5) is 5.69 Å². The minimum absolute atomic E-state index is 0.0365. The van der Waals surface area contributed by atoms with E-state index in [1.54, 1.807) is 45.2 Å². The zero-order valence-electron chi connectivity index (χ0n) is 14.2. The minimum atomic E-state index is -1.53. The second kappa shape index (κ2) is 10.9. The highest BCUT2D eigenvalue weighted by Gasteiger charge is 2.30. The highest BCUT2D eigenvalue weighted by Crippen LogP contribution is 2.34. The van der Waals surface area contributed by atoms with Gasteiger partial charge in [-0.1, -0.05) is 0 Å². The van der Waals surface area contributed by atoms with Gasteiger partial charge in [-0.3, -0.25) is 29.3 Å². The van der Waals surface area contributed by atoms with Crippen molar-refractivity contribution in [3.8, 4) is 0 Å². The van der Waals surface area contributed by atoms with Crippen molar-refractivity contribution < 1.29 is 33.4 Å². The summed E-state index contributed by atoms with van der Waals surface area (Å²) in [5, 5.41) is 1.24. The maximum Gasteiger partial charge on any atom is 0.303 e. The SMILES string of the molecule is CC(=O)OCC(OC(C)=O)C(=O)NC(=O)c1c(I)c(N)c(I)c(C(=O)Cl)c1I. The van der Waals surface area contributed by atoms with Gasteiger partial charge >= 0.3 is 11.9 Å². The zero-order valence-corrected chi connectivity index (χ0v) is 21.5. The van der Waals surface area contributed by atoms with E-state index in [-0.39, 0.29) is 20.4 Å². The third-order valence-corrected chi connectivity index (χ3v) is 6.56. The van der Waals surface area contributed by atoms with Gasteiger partial charge in [-0.25, -0.2) is 0 Å².